The van der Waals surface area contributed by atoms with E-state index >= 15 is 0 Å². The fourth-order valence-electron chi connectivity index (χ4n) is 2.64. The standard InChI is InChI=1S/C16H20N2OS2/c19-15(10-4-6-12-7-5-11-20-12)18-16-17-13-8-2-1-3-9-14(13)21-16/h5,7,11H,1-4,6,8-10H2,(H,17,18,19). The summed E-state index contributed by atoms with van der Waals surface area (Å²) >= 11 is 3.42. The molecule has 2 heterocycles. The van der Waals surface area contributed by atoms with E-state index in [1.807, 2.05) is 0 Å². The largest absolute Gasteiger partial charge is 0.302 e. The highest BCUT2D eigenvalue weighted by atomic mass is 32.1. The molecule has 0 aromatic carbocycles. The fraction of sp³-hybridized carbons (Fsp3) is 0.500. The van der Waals surface area contributed by atoms with Gasteiger partial charge in [-0.05, 0) is 50.0 Å². The molecule has 0 bridgehead atoms. The maximum atomic E-state index is 12.0. The highest BCUT2D eigenvalue weighted by Gasteiger charge is 2.15. The Hall–Kier alpha value is -1.20. The van der Waals surface area contributed by atoms with Crippen LogP contribution in [0.25, 0.3) is 0 Å². The number of aromatic nitrogens is 1. The van der Waals surface area contributed by atoms with Gasteiger partial charge >= 0.3 is 0 Å². The maximum absolute atomic E-state index is 12.0. The molecule has 2 aromatic heterocycles. The number of aryl methyl sites for hydroxylation is 3. The van der Waals surface area contributed by atoms with Gasteiger partial charge in [-0.2, -0.15) is 0 Å². The predicted molar refractivity (Wildman–Crippen MR) is 89.3 cm³/mol. The zero-order valence-corrected chi connectivity index (χ0v) is 13.7. The average molecular weight is 320 g/mol. The van der Waals surface area contributed by atoms with Crippen LogP contribution in [0.1, 0.15) is 47.6 Å². The van der Waals surface area contributed by atoms with Crippen molar-refractivity contribution in [1.29, 1.82) is 0 Å². The molecule has 0 radical (unpaired) electrons. The van der Waals surface area contributed by atoms with E-state index < -0.39 is 0 Å². The number of amides is 1. The second kappa shape index (κ2) is 7.18. The van der Waals surface area contributed by atoms with Crippen molar-refractivity contribution in [3.63, 3.8) is 0 Å². The summed E-state index contributed by atoms with van der Waals surface area (Å²) in [4.78, 5) is 19.3. The number of fused-ring (bicyclic) bond motifs is 1. The summed E-state index contributed by atoms with van der Waals surface area (Å²) in [6, 6.07) is 4.18. The summed E-state index contributed by atoms with van der Waals surface area (Å²) < 4.78 is 0. The van der Waals surface area contributed by atoms with Gasteiger partial charge in [-0.25, -0.2) is 4.98 Å². The number of carbonyl (C=O) groups excluding carboxylic acids is 1. The maximum Gasteiger partial charge on any atom is 0.226 e. The first-order valence-corrected chi connectivity index (χ1v) is 9.32. The number of carbonyl (C=O) groups is 1. The van der Waals surface area contributed by atoms with E-state index in [9.17, 15) is 4.79 Å². The summed E-state index contributed by atoms with van der Waals surface area (Å²) in [6.07, 6.45) is 8.43. The predicted octanol–water partition coefficient (Wildman–Crippen LogP) is 4.43. The van der Waals surface area contributed by atoms with Crippen LogP contribution in [0.3, 0.4) is 0 Å². The van der Waals surface area contributed by atoms with Crippen LogP contribution in [0.15, 0.2) is 17.5 Å². The van der Waals surface area contributed by atoms with Crippen molar-refractivity contribution in [2.75, 3.05) is 5.32 Å². The van der Waals surface area contributed by atoms with Crippen molar-refractivity contribution in [2.24, 2.45) is 0 Å². The average Bonchev–Trinajstić information content (AvgIpc) is 3.05. The second-order valence-corrected chi connectivity index (χ2v) is 7.55. The Morgan fingerprint density at radius 2 is 2.19 bits per heavy atom. The summed E-state index contributed by atoms with van der Waals surface area (Å²) in [5.41, 5.74) is 1.21. The van der Waals surface area contributed by atoms with Crippen LogP contribution in [-0.2, 0) is 24.1 Å². The lowest BCUT2D eigenvalue weighted by atomic mass is 10.2. The number of anilines is 1. The molecule has 21 heavy (non-hydrogen) atoms. The Morgan fingerprint density at radius 3 is 3.05 bits per heavy atom. The van der Waals surface area contributed by atoms with Crippen molar-refractivity contribution < 1.29 is 4.79 Å². The molecule has 1 aliphatic rings. The summed E-state index contributed by atoms with van der Waals surface area (Å²) in [7, 11) is 0. The summed E-state index contributed by atoms with van der Waals surface area (Å²) in [5, 5.41) is 5.85. The van der Waals surface area contributed by atoms with E-state index in [-0.39, 0.29) is 5.91 Å². The lowest BCUT2D eigenvalue weighted by Crippen LogP contribution is -2.11. The number of hydrogen-bond acceptors (Lipinski definition) is 4. The Kier molecular flexibility index (Phi) is 5.04. The zero-order chi connectivity index (χ0) is 14.5. The smallest absolute Gasteiger partial charge is 0.226 e. The first-order valence-electron chi connectivity index (χ1n) is 7.62. The molecule has 0 atom stereocenters. The minimum absolute atomic E-state index is 0.0930. The normalized spacial score (nSPS) is 14.5. The van der Waals surface area contributed by atoms with Crippen LogP contribution in [0.2, 0.25) is 0 Å². The molecule has 1 N–H and O–H groups in total. The SMILES string of the molecule is O=C(CCCc1cccs1)Nc1nc2c(s1)CCCCC2. The molecule has 112 valence electrons. The molecule has 5 heteroatoms. The lowest BCUT2D eigenvalue weighted by Gasteiger charge is -2.01. The molecule has 3 nitrogen and oxygen atoms in total. The molecular weight excluding hydrogens is 300 g/mol. The number of hydrogen-bond donors (Lipinski definition) is 1. The third-order valence-electron chi connectivity index (χ3n) is 3.75. The molecule has 0 unspecified atom stereocenters. The number of rotatable bonds is 5. The molecule has 0 fully saturated rings. The zero-order valence-electron chi connectivity index (χ0n) is 12.1. The topological polar surface area (TPSA) is 42.0 Å². The molecular formula is C16H20N2OS2. The second-order valence-electron chi connectivity index (χ2n) is 5.43. The molecule has 3 rings (SSSR count). The molecule has 0 aliphatic heterocycles. The third kappa shape index (κ3) is 4.14. The van der Waals surface area contributed by atoms with Gasteiger partial charge < -0.3 is 5.32 Å². The summed E-state index contributed by atoms with van der Waals surface area (Å²) in [6.45, 7) is 0. The fourth-order valence-corrected chi connectivity index (χ4v) is 4.46. The monoisotopic (exact) mass is 320 g/mol. The van der Waals surface area contributed by atoms with Crippen molar-refractivity contribution >= 4 is 33.7 Å². The Labute approximate surface area is 133 Å². The van der Waals surface area contributed by atoms with Gasteiger partial charge in [0.15, 0.2) is 5.13 Å². The van der Waals surface area contributed by atoms with Gasteiger partial charge in [0.2, 0.25) is 5.91 Å². The van der Waals surface area contributed by atoms with Crippen molar-refractivity contribution in [3.8, 4) is 0 Å². The quantitative estimate of drug-likeness (QED) is 0.828. The minimum atomic E-state index is 0.0930. The molecule has 2 aromatic rings. The molecule has 0 saturated carbocycles. The van der Waals surface area contributed by atoms with Crippen LogP contribution < -0.4 is 5.32 Å². The van der Waals surface area contributed by atoms with Gasteiger partial charge in [-0.15, -0.1) is 22.7 Å². The molecule has 0 saturated heterocycles. The van der Waals surface area contributed by atoms with E-state index in [2.05, 4.69) is 27.8 Å². The number of thiazole rings is 1. The molecule has 1 amide bonds. The highest BCUT2D eigenvalue weighted by molar-refractivity contribution is 7.15. The van der Waals surface area contributed by atoms with Crippen LogP contribution in [0.5, 0.6) is 0 Å². The lowest BCUT2D eigenvalue weighted by molar-refractivity contribution is -0.116. The van der Waals surface area contributed by atoms with Crippen LogP contribution in [0, 0.1) is 0 Å². The van der Waals surface area contributed by atoms with E-state index in [1.54, 1.807) is 22.7 Å². The molecule has 1 aliphatic carbocycles. The first kappa shape index (κ1) is 14.7. The Balaban J connectivity index is 1.48. The summed E-state index contributed by atoms with van der Waals surface area (Å²) in [5.74, 6) is 0.0930. The minimum Gasteiger partial charge on any atom is -0.302 e. The number of nitrogens with one attached hydrogen (secondary N) is 1. The first-order chi connectivity index (χ1) is 10.3. The van der Waals surface area contributed by atoms with Gasteiger partial charge in [0.1, 0.15) is 0 Å². The van der Waals surface area contributed by atoms with Gasteiger partial charge in [0.25, 0.3) is 0 Å². The number of nitrogens with zero attached hydrogens (tertiary/aromatic N) is 1. The molecule has 0 spiro atoms. The van der Waals surface area contributed by atoms with Crippen LogP contribution in [0.4, 0.5) is 5.13 Å². The Morgan fingerprint density at radius 1 is 1.29 bits per heavy atom. The number of thiophene rings is 1. The van der Waals surface area contributed by atoms with Gasteiger partial charge in [-0.3, -0.25) is 4.79 Å². The van der Waals surface area contributed by atoms with Crippen LogP contribution in [-0.4, -0.2) is 10.9 Å². The highest BCUT2D eigenvalue weighted by Crippen LogP contribution is 2.29. The Bertz CT molecular complexity index is 566. The van der Waals surface area contributed by atoms with E-state index in [0.29, 0.717) is 6.42 Å². The third-order valence-corrected chi connectivity index (χ3v) is 5.76. The van der Waals surface area contributed by atoms with Crippen LogP contribution >= 0.6 is 22.7 Å². The van der Waals surface area contributed by atoms with Crippen molar-refractivity contribution in [3.05, 3.63) is 33.0 Å². The van der Waals surface area contributed by atoms with E-state index in [0.717, 1.165) is 30.8 Å². The van der Waals surface area contributed by atoms with Gasteiger partial charge in [0.05, 0.1) is 5.69 Å². The van der Waals surface area contributed by atoms with Crippen molar-refractivity contribution in [2.45, 2.75) is 51.4 Å². The van der Waals surface area contributed by atoms with Gasteiger partial charge in [-0.1, -0.05) is 12.5 Å². The van der Waals surface area contributed by atoms with E-state index in [4.69, 9.17) is 0 Å². The van der Waals surface area contributed by atoms with Gasteiger partial charge in [0, 0.05) is 16.2 Å². The van der Waals surface area contributed by atoms with Crippen molar-refractivity contribution in [1.82, 2.24) is 4.98 Å². The van der Waals surface area contributed by atoms with E-state index in [1.165, 1.54) is 34.7 Å².